The SMILES string of the molecule is OC[C@@H](O)[C@@H](O)[C@H](O)[C@@H](O)CO.OC[C@H]1O[C@H](O[C@H]2O[C@H](CO)[C@@H](O)[C@H](O)[C@H]2O)[C@H](O)[C@@H](O)[C@@H]1O. The van der Waals surface area contributed by atoms with Crippen molar-refractivity contribution >= 4 is 0 Å². The lowest BCUT2D eigenvalue weighted by molar-refractivity contribution is -0.376. The largest absolute Gasteiger partial charge is 0.394 e. The molecular formula is C18H36O17. The van der Waals surface area contributed by atoms with Crippen LogP contribution in [0, 0.1) is 0 Å². The van der Waals surface area contributed by atoms with Gasteiger partial charge in [-0.1, -0.05) is 0 Å². The van der Waals surface area contributed by atoms with E-state index in [1.807, 2.05) is 0 Å². The molecule has 2 aliphatic heterocycles. The number of rotatable bonds is 9. The summed E-state index contributed by atoms with van der Waals surface area (Å²) in [6, 6.07) is 0. The molecule has 210 valence electrons. The summed E-state index contributed by atoms with van der Waals surface area (Å²) in [7, 11) is 0. The van der Waals surface area contributed by atoms with Gasteiger partial charge in [-0.3, -0.25) is 0 Å². The summed E-state index contributed by atoms with van der Waals surface area (Å²) in [4.78, 5) is 0. The van der Waals surface area contributed by atoms with Crippen molar-refractivity contribution in [1.29, 1.82) is 0 Å². The van der Waals surface area contributed by atoms with Crippen LogP contribution in [-0.4, -0.2) is 184 Å². The van der Waals surface area contributed by atoms with E-state index in [2.05, 4.69) is 0 Å². The Morgan fingerprint density at radius 2 is 0.829 bits per heavy atom. The van der Waals surface area contributed by atoms with Crippen molar-refractivity contribution < 1.29 is 85.7 Å². The molecule has 0 aromatic rings. The average molecular weight is 524 g/mol. The van der Waals surface area contributed by atoms with Crippen LogP contribution in [-0.2, 0) is 14.2 Å². The van der Waals surface area contributed by atoms with E-state index >= 15 is 0 Å². The number of hydrogen-bond donors (Lipinski definition) is 14. The van der Waals surface area contributed by atoms with E-state index in [9.17, 15) is 30.6 Å². The van der Waals surface area contributed by atoms with Crippen molar-refractivity contribution in [3.05, 3.63) is 0 Å². The van der Waals surface area contributed by atoms with Crippen LogP contribution in [0.3, 0.4) is 0 Å². The minimum atomic E-state index is -1.72. The molecule has 17 heteroatoms. The van der Waals surface area contributed by atoms with Gasteiger partial charge < -0.3 is 85.7 Å². The van der Waals surface area contributed by atoms with E-state index in [1.54, 1.807) is 0 Å². The molecule has 0 bridgehead atoms. The average Bonchev–Trinajstić information content (AvgIpc) is 2.87. The smallest absolute Gasteiger partial charge is 0.189 e. The fourth-order valence-electron chi connectivity index (χ4n) is 3.16. The molecule has 14 atom stereocenters. The van der Waals surface area contributed by atoms with Gasteiger partial charge in [0.1, 0.15) is 73.2 Å². The minimum Gasteiger partial charge on any atom is -0.394 e. The second-order valence-corrected chi connectivity index (χ2v) is 8.01. The predicted octanol–water partition coefficient (Wildman–Crippen LogP) is -8.98. The van der Waals surface area contributed by atoms with Crippen LogP contribution in [0.25, 0.3) is 0 Å². The molecule has 0 unspecified atom stereocenters. The predicted molar refractivity (Wildman–Crippen MR) is 107 cm³/mol. The minimum absolute atomic E-state index is 0.667. The van der Waals surface area contributed by atoms with Gasteiger partial charge in [0, 0.05) is 0 Å². The number of hydrogen-bond acceptors (Lipinski definition) is 17. The summed E-state index contributed by atoms with van der Waals surface area (Å²) in [5.41, 5.74) is 0. The molecule has 2 aliphatic rings. The first-order valence-corrected chi connectivity index (χ1v) is 10.6. The van der Waals surface area contributed by atoms with E-state index in [4.69, 9.17) is 55.1 Å². The van der Waals surface area contributed by atoms with Crippen molar-refractivity contribution in [2.45, 2.75) is 85.8 Å². The fraction of sp³-hybridized carbons (Fsp3) is 1.00. The van der Waals surface area contributed by atoms with Crippen LogP contribution < -0.4 is 0 Å². The summed E-state index contributed by atoms with van der Waals surface area (Å²) in [5, 5.41) is 129. The highest BCUT2D eigenvalue weighted by Crippen LogP contribution is 2.27. The van der Waals surface area contributed by atoms with Gasteiger partial charge in [-0.05, 0) is 0 Å². The van der Waals surface area contributed by atoms with Gasteiger partial charge >= 0.3 is 0 Å². The summed E-state index contributed by atoms with van der Waals surface area (Å²) in [6.45, 7) is -2.79. The van der Waals surface area contributed by atoms with E-state index in [-0.39, 0.29) is 0 Å². The van der Waals surface area contributed by atoms with Gasteiger partial charge in [0.05, 0.1) is 26.4 Å². The molecule has 2 rings (SSSR count). The van der Waals surface area contributed by atoms with E-state index in [0.717, 1.165) is 0 Å². The zero-order chi connectivity index (χ0) is 27.0. The highest BCUT2D eigenvalue weighted by atomic mass is 16.8. The Morgan fingerprint density at radius 3 is 1.09 bits per heavy atom. The summed E-state index contributed by atoms with van der Waals surface area (Å²) >= 11 is 0. The molecule has 35 heavy (non-hydrogen) atoms. The molecule has 0 saturated carbocycles. The van der Waals surface area contributed by atoms with Crippen LogP contribution >= 0.6 is 0 Å². The molecule has 0 aromatic carbocycles. The normalized spacial score (nSPS) is 41.3. The molecule has 2 saturated heterocycles. The zero-order valence-electron chi connectivity index (χ0n) is 18.4. The quantitative estimate of drug-likeness (QED) is 0.133. The number of aliphatic hydroxyl groups excluding tert-OH is 14. The Hall–Kier alpha value is -0.680. The van der Waals surface area contributed by atoms with Crippen LogP contribution in [0.1, 0.15) is 0 Å². The molecule has 0 radical (unpaired) electrons. The first-order valence-electron chi connectivity index (χ1n) is 10.6. The van der Waals surface area contributed by atoms with Gasteiger partial charge in [-0.2, -0.15) is 0 Å². The van der Waals surface area contributed by atoms with Crippen molar-refractivity contribution in [2.24, 2.45) is 0 Å². The first kappa shape index (κ1) is 32.3. The lowest BCUT2D eigenvalue weighted by atomic mass is 9.98. The summed E-state index contributed by atoms with van der Waals surface area (Å²) in [5.74, 6) is 0. The lowest BCUT2D eigenvalue weighted by Gasteiger charge is -2.44. The van der Waals surface area contributed by atoms with Crippen LogP contribution in [0.5, 0.6) is 0 Å². The molecule has 0 aliphatic carbocycles. The maximum atomic E-state index is 9.84. The molecule has 0 amide bonds. The molecule has 0 aromatic heterocycles. The second kappa shape index (κ2) is 14.9. The molecule has 17 nitrogen and oxygen atoms in total. The van der Waals surface area contributed by atoms with Gasteiger partial charge in [-0.15, -0.1) is 0 Å². The maximum Gasteiger partial charge on any atom is 0.189 e. The third kappa shape index (κ3) is 8.15. The van der Waals surface area contributed by atoms with Crippen molar-refractivity contribution in [2.75, 3.05) is 26.4 Å². The monoisotopic (exact) mass is 524 g/mol. The molecular weight excluding hydrogens is 488 g/mol. The standard InChI is InChI=1S/C12H22O11.C6H14O6/c13-1-3-5(15)7(17)9(19)11(21-3)23-12-10(20)8(18)6(16)4(2-14)22-12;7-1-3(9)5(11)6(12)4(10)2-8/h3-20H,1-2H2;3-12H,1-2H2/t3-,4-,5-,6-,7+,8+,9-,10-,11-,12-;3-,4+,5-,6-/m11/s1. The summed E-state index contributed by atoms with van der Waals surface area (Å²) in [6.07, 6.45) is -22.0. The summed E-state index contributed by atoms with van der Waals surface area (Å²) < 4.78 is 15.3. The Kier molecular flexibility index (Phi) is 13.8. The van der Waals surface area contributed by atoms with Crippen LogP contribution in [0.4, 0.5) is 0 Å². The van der Waals surface area contributed by atoms with Gasteiger partial charge in [0.25, 0.3) is 0 Å². The topological polar surface area (TPSA) is 311 Å². The van der Waals surface area contributed by atoms with Crippen molar-refractivity contribution in [1.82, 2.24) is 0 Å². The van der Waals surface area contributed by atoms with Gasteiger partial charge in [0.15, 0.2) is 12.6 Å². The fourth-order valence-corrected chi connectivity index (χ4v) is 3.16. The van der Waals surface area contributed by atoms with Gasteiger partial charge in [-0.25, -0.2) is 0 Å². The lowest BCUT2D eigenvalue weighted by Crippen LogP contribution is -2.63. The first-order chi connectivity index (χ1) is 16.4. The molecule has 2 heterocycles. The number of aliphatic hydroxyl groups is 14. The highest BCUT2D eigenvalue weighted by Gasteiger charge is 2.49. The zero-order valence-corrected chi connectivity index (χ0v) is 18.4. The van der Waals surface area contributed by atoms with Crippen LogP contribution in [0.2, 0.25) is 0 Å². The third-order valence-electron chi connectivity index (χ3n) is 5.48. The van der Waals surface area contributed by atoms with Crippen molar-refractivity contribution in [3.63, 3.8) is 0 Å². The Bertz CT molecular complexity index is 533. The maximum absolute atomic E-state index is 9.84. The van der Waals surface area contributed by atoms with Crippen molar-refractivity contribution in [3.8, 4) is 0 Å². The van der Waals surface area contributed by atoms with E-state index in [0.29, 0.717) is 0 Å². The Labute approximate surface area is 198 Å². The van der Waals surface area contributed by atoms with E-state index < -0.39 is 112 Å². The van der Waals surface area contributed by atoms with E-state index in [1.165, 1.54) is 0 Å². The third-order valence-corrected chi connectivity index (χ3v) is 5.48. The highest BCUT2D eigenvalue weighted by molar-refractivity contribution is 4.92. The number of ether oxygens (including phenoxy) is 3. The Morgan fingerprint density at radius 1 is 0.514 bits per heavy atom. The Balaban J connectivity index is 0.000000434. The second-order valence-electron chi connectivity index (χ2n) is 8.01. The van der Waals surface area contributed by atoms with Gasteiger partial charge in [0.2, 0.25) is 0 Å². The molecule has 0 spiro atoms. The van der Waals surface area contributed by atoms with Crippen LogP contribution in [0.15, 0.2) is 0 Å². The molecule has 2 fully saturated rings. The molecule has 14 N–H and O–H groups in total.